The molecule has 1 amide bonds. The van der Waals surface area contributed by atoms with Crippen molar-refractivity contribution in [2.24, 2.45) is 5.73 Å². The first-order chi connectivity index (χ1) is 13.7. The topological polar surface area (TPSA) is 57.2 Å². The summed E-state index contributed by atoms with van der Waals surface area (Å²) in [7, 11) is 0. The van der Waals surface area contributed by atoms with Gasteiger partial charge in [0, 0.05) is 36.7 Å². The molecule has 0 saturated carbocycles. The van der Waals surface area contributed by atoms with E-state index in [4.69, 9.17) is 10.5 Å². The Morgan fingerprint density at radius 2 is 1.76 bits per heavy atom. The average Bonchev–Trinajstić information content (AvgIpc) is 2.94. The second-order valence-electron chi connectivity index (χ2n) is 8.78. The van der Waals surface area contributed by atoms with Gasteiger partial charge in [0.2, 0.25) is 0 Å². The molecule has 0 radical (unpaired) electrons. The van der Waals surface area contributed by atoms with E-state index >= 15 is 0 Å². The van der Waals surface area contributed by atoms with Gasteiger partial charge in [-0.3, -0.25) is 4.79 Å². The van der Waals surface area contributed by atoms with Gasteiger partial charge in [-0.1, -0.05) is 58.4 Å². The van der Waals surface area contributed by atoms with Gasteiger partial charge in [0.1, 0.15) is 0 Å². The Hall–Kier alpha value is -2.07. The monoisotopic (exact) mass is 398 g/mol. The highest BCUT2D eigenvalue weighted by atomic mass is 16.5. The minimum absolute atomic E-state index is 0.0945. The minimum Gasteiger partial charge on any atom is -0.382 e. The van der Waals surface area contributed by atoms with E-state index in [1.165, 1.54) is 11.3 Å². The van der Waals surface area contributed by atoms with Crippen molar-refractivity contribution in [1.29, 1.82) is 0 Å². The largest absolute Gasteiger partial charge is 0.382 e. The van der Waals surface area contributed by atoms with Gasteiger partial charge in [-0.25, -0.2) is 0 Å². The molecule has 2 N–H and O–H groups in total. The maximum absolute atomic E-state index is 12.4. The summed E-state index contributed by atoms with van der Waals surface area (Å²) in [5.74, 6) is -0.348. The molecule has 4 nitrogen and oxygen atoms in total. The number of nitrogens with zero attached hydrogens (tertiary/aromatic N) is 1. The van der Waals surface area contributed by atoms with Crippen LogP contribution in [0, 0.1) is 6.92 Å². The van der Waals surface area contributed by atoms with E-state index in [0.29, 0.717) is 5.56 Å². The first kappa shape index (κ1) is 23.2. The van der Waals surface area contributed by atoms with Gasteiger partial charge in [-0.15, -0.1) is 0 Å². The molecule has 0 saturated heterocycles. The zero-order valence-corrected chi connectivity index (χ0v) is 19.1. The van der Waals surface area contributed by atoms with E-state index in [9.17, 15) is 4.79 Å². The first-order valence-corrected chi connectivity index (χ1v) is 10.9. The SMILES string of the molecule is CCCCc1c(-c2ccc(C(C)(C)C)cc2)c(C(N)=O)c(C)n1CCCOCC. The molecule has 1 aromatic carbocycles. The van der Waals surface area contributed by atoms with E-state index < -0.39 is 0 Å². The molecule has 1 aromatic heterocycles. The van der Waals surface area contributed by atoms with Gasteiger partial charge in [0.05, 0.1) is 5.56 Å². The van der Waals surface area contributed by atoms with Crippen molar-refractivity contribution in [2.75, 3.05) is 13.2 Å². The highest BCUT2D eigenvalue weighted by Crippen LogP contribution is 2.35. The summed E-state index contributed by atoms with van der Waals surface area (Å²) < 4.78 is 7.82. The molecule has 0 bridgehead atoms. The molecule has 0 fully saturated rings. The van der Waals surface area contributed by atoms with Crippen molar-refractivity contribution in [1.82, 2.24) is 4.57 Å². The molecule has 160 valence electrons. The molecule has 2 rings (SSSR count). The molecular formula is C25H38N2O2. The van der Waals surface area contributed by atoms with Crippen molar-refractivity contribution < 1.29 is 9.53 Å². The number of nitrogens with two attached hydrogens (primary N) is 1. The number of hydrogen-bond acceptors (Lipinski definition) is 2. The van der Waals surface area contributed by atoms with Gasteiger partial charge in [0.15, 0.2) is 0 Å². The lowest BCUT2D eigenvalue weighted by molar-refractivity contribution is 0.1000. The maximum atomic E-state index is 12.4. The van der Waals surface area contributed by atoms with Gasteiger partial charge >= 0.3 is 0 Å². The molecule has 0 aliphatic rings. The fourth-order valence-corrected chi connectivity index (χ4v) is 3.92. The van der Waals surface area contributed by atoms with E-state index in [1.54, 1.807) is 0 Å². The zero-order valence-electron chi connectivity index (χ0n) is 19.1. The number of rotatable bonds is 10. The predicted octanol–water partition coefficient (Wildman–Crippen LogP) is 5.63. The fourth-order valence-electron chi connectivity index (χ4n) is 3.92. The number of hydrogen-bond donors (Lipinski definition) is 1. The van der Waals surface area contributed by atoms with Crippen molar-refractivity contribution in [2.45, 2.75) is 79.2 Å². The first-order valence-electron chi connectivity index (χ1n) is 10.9. The van der Waals surface area contributed by atoms with Crippen LogP contribution in [0.25, 0.3) is 11.1 Å². The summed E-state index contributed by atoms with van der Waals surface area (Å²) >= 11 is 0. The Bertz CT molecular complexity index is 811. The molecule has 0 aliphatic heterocycles. The van der Waals surface area contributed by atoms with Crippen molar-refractivity contribution in [3.63, 3.8) is 0 Å². The highest BCUT2D eigenvalue weighted by molar-refractivity contribution is 6.02. The van der Waals surface area contributed by atoms with Gasteiger partial charge in [0.25, 0.3) is 5.91 Å². The third-order valence-electron chi connectivity index (χ3n) is 5.56. The van der Waals surface area contributed by atoms with E-state index in [1.807, 2.05) is 13.8 Å². The lowest BCUT2D eigenvalue weighted by Crippen LogP contribution is -2.14. The normalized spacial score (nSPS) is 11.8. The van der Waals surface area contributed by atoms with E-state index in [0.717, 1.165) is 62.3 Å². The zero-order chi connectivity index (χ0) is 21.6. The standard InChI is InChI=1S/C25H38N2O2/c1-7-9-11-21-23(19-12-14-20(15-13-19)25(4,5)6)22(24(26)28)18(3)27(21)16-10-17-29-8-2/h12-15H,7-11,16-17H2,1-6H3,(H2,26,28). The highest BCUT2D eigenvalue weighted by Gasteiger charge is 2.24. The number of ether oxygens (including phenoxy) is 1. The average molecular weight is 399 g/mol. The lowest BCUT2D eigenvalue weighted by Gasteiger charge is -2.19. The number of unbranched alkanes of at least 4 members (excludes halogenated alkanes) is 1. The second-order valence-corrected chi connectivity index (χ2v) is 8.78. The van der Waals surface area contributed by atoms with Crippen LogP contribution in [0.2, 0.25) is 0 Å². The summed E-state index contributed by atoms with van der Waals surface area (Å²) in [4.78, 5) is 12.4. The Balaban J connectivity index is 2.56. The van der Waals surface area contributed by atoms with Gasteiger partial charge in [-0.05, 0) is 49.7 Å². The third-order valence-corrected chi connectivity index (χ3v) is 5.56. The minimum atomic E-state index is -0.348. The summed E-state index contributed by atoms with van der Waals surface area (Å²) in [6, 6.07) is 8.63. The molecule has 0 unspecified atom stereocenters. The fraction of sp³-hybridized carbons (Fsp3) is 0.560. The van der Waals surface area contributed by atoms with Crippen LogP contribution >= 0.6 is 0 Å². The van der Waals surface area contributed by atoms with Crippen molar-refractivity contribution in [3.8, 4) is 11.1 Å². The summed E-state index contributed by atoms with van der Waals surface area (Å²) in [6.45, 7) is 15.1. The van der Waals surface area contributed by atoms with Crippen LogP contribution < -0.4 is 5.73 Å². The predicted molar refractivity (Wildman–Crippen MR) is 122 cm³/mol. The van der Waals surface area contributed by atoms with Crippen LogP contribution in [0.5, 0.6) is 0 Å². The van der Waals surface area contributed by atoms with Gasteiger partial charge < -0.3 is 15.0 Å². The summed E-state index contributed by atoms with van der Waals surface area (Å²) in [5.41, 5.74) is 12.2. The number of amides is 1. The van der Waals surface area contributed by atoms with E-state index in [-0.39, 0.29) is 11.3 Å². The maximum Gasteiger partial charge on any atom is 0.251 e. The molecule has 2 aromatic rings. The Morgan fingerprint density at radius 3 is 2.28 bits per heavy atom. The van der Waals surface area contributed by atoms with Crippen LogP contribution in [-0.2, 0) is 23.1 Å². The Kier molecular flexibility index (Phi) is 8.09. The lowest BCUT2D eigenvalue weighted by atomic mass is 9.86. The molecule has 0 spiro atoms. The molecule has 29 heavy (non-hydrogen) atoms. The Morgan fingerprint density at radius 1 is 1.10 bits per heavy atom. The third kappa shape index (κ3) is 5.51. The van der Waals surface area contributed by atoms with Crippen LogP contribution in [-0.4, -0.2) is 23.7 Å². The van der Waals surface area contributed by atoms with Crippen molar-refractivity contribution in [3.05, 3.63) is 46.8 Å². The molecule has 1 heterocycles. The van der Waals surface area contributed by atoms with Crippen LogP contribution in [0.15, 0.2) is 24.3 Å². The van der Waals surface area contributed by atoms with Crippen LogP contribution in [0.1, 0.15) is 81.2 Å². The molecule has 4 heteroatoms. The quantitative estimate of drug-likeness (QED) is 0.527. The van der Waals surface area contributed by atoms with Gasteiger partial charge in [-0.2, -0.15) is 0 Å². The van der Waals surface area contributed by atoms with E-state index in [2.05, 4.69) is 56.5 Å². The number of aromatic nitrogens is 1. The molecule has 0 aliphatic carbocycles. The van der Waals surface area contributed by atoms with Crippen LogP contribution in [0.3, 0.4) is 0 Å². The molecular weight excluding hydrogens is 360 g/mol. The van der Waals surface area contributed by atoms with Crippen molar-refractivity contribution >= 4 is 5.91 Å². The Labute approximate surface area is 176 Å². The number of carbonyl (C=O) groups excluding carboxylic acids is 1. The number of carbonyl (C=O) groups is 1. The molecule has 0 atom stereocenters. The number of primary amides is 1. The number of benzene rings is 1. The van der Waals surface area contributed by atoms with Crippen LogP contribution in [0.4, 0.5) is 0 Å². The smallest absolute Gasteiger partial charge is 0.251 e. The summed E-state index contributed by atoms with van der Waals surface area (Å²) in [5, 5.41) is 0. The summed E-state index contributed by atoms with van der Waals surface area (Å²) in [6.07, 6.45) is 4.05. The second kappa shape index (κ2) is 10.1.